The molecule has 7 heteroatoms. The van der Waals surface area contributed by atoms with Gasteiger partial charge in [0.05, 0.1) is 13.2 Å². The van der Waals surface area contributed by atoms with Gasteiger partial charge in [0.1, 0.15) is 15.6 Å². The number of nitrogens with two attached hydrogens (primary N) is 2. The van der Waals surface area contributed by atoms with Crippen molar-refractivity contribution in [2.75, 3.05) is 30.8 Å². The van der Waals surface area contributed by atoms with E-state index in [0.717, 1.165) is 24.5 Å². The minimum Gasteiger partial charge on any atom is -0.486 e. The van der Waals surface area contributed by atoms with E-state index < -0.39 is 5.97 Å². The zero-order chi connectivity index (χ0) is 14.9. The first-order valence-electron chi connectivity index (χ1n) is 6.61. The molecule has 0 amide bonds. The molecule has 112 valence electrons. The maximum absolute atomic E-state index is 11.8. The van der Waals surface area contributed by atoms with Crippen LogP contribution >= 0.6 is 11.3 Å². The largest absolute Gasteiger partial charge is 0.486 e. The van der Waals surface area contributed by atoms with Crippen molar-refractivity contribution in [2.24, 2.45) is 5.73 Å². The van der Waals surface area contributed by atoms with Crippen LogP contribution in [0.25, 0.3) is 0 Å². The summed E-state index contributed by atoms with van der Waals surface area (Å²) in [5.74, 6) is 0.135. The van der Waals surface area contributed by atoms with E-state index in [-0.39, 0.29) is 12.1 Å². The Kier molecular flexibility index (Phi) is 4.39. The Bertz CT molecular complexity index is 501. The number of hydrogen-bond acceptors (Lipinski definition) is 7. The van der Waals surface area contributed by atoms with Crippen LogP contribution in [0.3, 0.4) is 0 Å². The first kappa shape index (κ1) is 14.9. The van der Waals surface area contributed by atoms with Crippen LogP contribution in [0.5, 0.6) is 5.75 Å². The van der Waals surface area contributed by atoms with Gasteiger partial charge in [-0.15, -0.1) is 11.3 Å². The molecular weight excluding hydrogens is 278 g/mol. The van der Waals surface area contributed by atoms with E-state index >= 15 is 0 Å². The van der Waals surface area contributed by atoms with Gasteiger partial charge in [-0.05, 0) is 20.3 Å². The van der Waals surface area contributed by atoms with E-state index in [1.54, 1.807) is 0 Å². The van der Waals surface area contributed by atoms with Crippen molar-refractivity contribution in [1.82, 2.24) is 0 Å². The van der Waals surface area contributed by atoms with Crippen molar-refractivity contribution in [3.8, 4) is 5.75 Å². The highest BCUT2D eigenvalue weighted by molar-refractivity contribution is 7.19. The first-order valence-corrected chi connectivity index (χ1v) is 7.43. The number of ether oxygens (including phenoxy) is 2. The van der Waals surface area contributed by atoms with Gasteiger partial charge < -0.3 is 25.8 Å². The summed E-state index contributed by atoms with van der Waals surface area (Å²) < 4.78 is 10.6. The molecule has 1 atom stereocenters. The van der Waals surface area contributed by atoms with Crippen LogP contribution < -0.4 is 21.1 Å². The molecule has 1 aromatic heterocycles. The van der Waals surface area contributed by atoms with E-state index in [9.17, 15) is 4.79 Å². The zero-order valence-corrected chi connectivity index (χ0v) is 12.8. The fraction of sp³-hybridized carbons (Fsp3) is 0.615. The Morgan fingerprint density at radius 1 is 1.50 bits per heavy atom. The van der Waals surface area contributed by atoms with Crippen LogP contribution in [0.15, 0.2) is 0 Å². The lowest BCUT2D eigenvalue weighted by atomic mass is 10.3. The summed E-state index contributed by atoms with van der Waals surface area (Å²) in [4.78, 5) is 14.3. The Morgan fingerprint density at radius 2 is 2.20 bits per heavy atom. The van der Waals surface area contributed by atoms with Crippen molar-refractivity contribution in [1.29, 1.82) is 0 Å². The summed E-state index contributed by atoms with van der Waals surface area (Å²) >= 11 is 1.31. The lowest BCUT2D eigenvalue weighted by molar-refractivity contribution is 0.0607. The zero-order valence-electron chi connectivity index (χ0n) is 12.0. The van der Waals surface area contributed by atoms with Gasteiger partial charge in [-0.2, -0.15) is 0 Å². The Hall–Kier alpha value is -1.47. The van der Waals surface area contributed by atoms with Gasteiger partial charge in [0.15, 0.2) is 5.75 Å². The van der Waals surface area contributed by atoms with E-state index in [1.165, 1.54) is 18.4 Å². The molecule has 1 saturated heterocycles. The highest BCUT2D eigenvalue weighted by atomic mass is 32.1. The average molecular weight is 299 g/mol. The molecule has 0 aliphatic carbocycles. The lowest BCUT2D eigenvalue weighted by Gasteiger charge is -2.19. The second-order valence-electron chi connectivity index (χ2n) is 5.13. The van der Waals surface area contributed by atoms with Crippen LogP contribution in [0, 0.1) is 0 Å². The normalized spacial score (nSPS) is 18.6. The molecule has 0 spiro atoms. The Morgan fingerprint density at radius 3 is 2.70 bits per heavy atom. The Labute approximate surface area is 122 Å². The third kappa shape index (κ3) is 2.83. The van der Waals surface area contributed by atoms with E-state index in [0.29, 0.717) is 16.3 Å². The summed E-state index contributed by atoms with van der Waals surface area (Å²) in [5, 5.41) is 0.865. The number of methoxy groups -OCH3 is 1. The van der Waals surface area contributed by atoms with Gasteiger partial charge >= 0.3 is 5.97 Å². The van der Waals surface area contributed by atoms with Crippen molar-refractivity contribution in [2.45, 2.75) is 32.4 Å². The van der Waals surface area contributed by atoms with Gasteiger partial charge in [-0.3, -0.25) is 0 Å². The number of nitrogen functional groups attached to an aromatic ring is 1. The highest BCUT2D eigenvalue weighted by Gasteiger charge is 2.30. The maximum Gasteiger partial charge on any atom is 0.350 e. The molecule has 4 N–H and O–H groups in total. The summed E-state index contributed by atoms with van der Waals surface area (Å²) in [6, 6.07) is 0.145. The predicted octanol–water partition coefficient (Wildman–Crippen LogP) is 1.44. The fourth-order valence-corrected chi connectivity index (χ4v) is 3.30. The number of carbonyl (C=O) groups is 1. The predicted molar refractivity (Wildman–Crippen MR) is 80.6 cm³/mol. The molecule has 0 aromatic carbocycles. The van der Waals surface area contributed by atoms with E-state index in [4.69, 9.17) is 20.9 Å². The van der Waals surface area contributed by atoms with Gasteiger partial charge in [0, 0.05) is 19.1 Å². The van der Waals surface area contributed by atoms with E-state index in [1.807, 2.05) is 13.8 Å². The molecular formula is C13H21N3O3S. The lowest BCUT2D eigenvalue weighted by Crippen LogP contribution is -2.26. The molecule has 1 aromatic rings. The second kappa shape index (κ2) is 5.88. The SMILES string of the molecule is COC(=O)c1sc(N2CCC(N)C2)c(OC(C)C)c1N. The molecule has 1 aliphatic heterocycles. The first-order chi connectivity index (χ1) is 9.43. The summed E-state index contributed by atoms with van der Waals surface area (Å²) in [6.45, 7) is 5.44. The van der Waals surface area contributed by atoms with Gasteiger partial charge in [0.2, 0.25) is 0 Å². The molecule has 1 unspecified atom stereocenters. The van der Waals surface area contributed by atoms with Crippen LogP contribution in [0.2, 0.25) is 0 Å². The van der Waals surface area contributed by atoms with Crippen LogP contribution in [0.4, 0.5) is 10.7 Å². The number of esters is 1. The van der Waals surface area contributed by atoms with Crippen molar-refractivity contribution in [3.05, 3.63) is 4.88 Å². The van der Waals surface area contributed by atoms with Gasteiger partial charge in [0.25, 0.3) is 0 Å². The van der Waals surface area contributed by atoms with E-state index in [2.05, 4.69) is 4.90 Å². The molecule has 0 bridgehead atoms. The summed E-state index contributed by atoms with van der Waals surface area (Å²) in [6.07, 6.45) is 0.902. The van der Waals surface area contributed by atoms with Crippen molar-refractivity contribution in [3.63, 3.8) is 0 Å². The number of nitrogens with zero attached hydrogens (tertiary/aromatic N) is 1. The molecule has 1 aliphatic rings. The smallest absolute Gasteiger partial charge is 0.350 e. The maximum atomic E-state index is 11.8. The molecule has 2 rings (SSSR count). The van der Waals surface area contributed by atoms with Crippen molar-refractivity contribution >= 4 is 28.0 Å². The third-order valence-corrected chi connectivity index (χ3v) is 4.35. The second-order valence-corrected chi connectivity index (χ2v) is 6.13. The molecule has 0 radical (unpaired) electrons. The standard InChI is InChI=1S/C13H21N3O3S/c1-7(2)19-10-9(15)11(13(17)18-3)20-12(10)16-5-4-8(14)6-16/h7-8H,4-6,14-15H2,1-3H3. The number of thiophene rings is 1. The van der Waals surface area contributed by atoms with Crippen molar-refractivity contribution < 1.29 is 14.3 Å². The minimum absolute atomic E-state index is 0.0209. The number of anilines is 2. The number of hydrogen-bond donors (Lipinski definition) is 2. The minimum atomic E-state index is -0.434. The third-order valence-electron chi connectivity index (χ3n) is 3.12. The molecule has 1 fully saturated rings. The summed E-state index contributed by atoms with van der Waals surface area (Å²) in [7, 11) is 1.34. The quantitative estimate of drug-likeness (QED) is 0.818. The van der Waals surface area contributed by atoms with Gasteiger partial charge in [-0.25, -0.2) is 4.79 Å². The molecule has 0 saturated carbocycles. The van der Waals surface area contributed by atoms with Crippen LogP contribution in [0.1, 0.15) is 29.9 Å². The van der Waals surface area contributed by atoms with Gasteiger partial charge in [-0.1, -0.05) is 0 Å². The fourth-order valence-electron chi connectivity index (χ4n) is 2.19. The molecule has 6 nitrogen and oxygen atoms in total. The summed E-state index contributed by atoms with van der Waals surface area (Å²) in [5.41, 5.74) is 12.4. The monoisotopic (exact) mass is 299 g/mol. The molecule has 20 heavy (non-hydrogen) atoms. The topological polar surface area (TPSA) is 90.8 Å². The number of rotatable bonds is 4. The van der Waals surface area contributed by atoms with Crippen LogP contribution in [-0.2, 0) is 4.74 Å². The van der Waals surface area contributed by atoms with Crippen LogP contribution in [-0.4, -0.2) is 38.3 Å². The number of carbonyl (C=O) groups excluding carboxylic acids is 1. The average Bonchev–Trinajstić information content (AvgIpc) is 2.94. The molecule has 2 heterocycles. The Balaban J connectivity index is 2.40. The highest BCUT2D eigenvalue weighted by Crippen LogP contribution is 2.46.